The second kappa shape index (κ2) is 8.84. The summed E-state index contributed by atoms with van der Waals surface area (Å²) < 4.78 is 16.5. The Balaban J connectivity index is 1.62. The fourth-order valence-corrected chi connectivity index (χ4v) is 3.90. The summed E-state index contributed by atoms with van der Waals surface area (Å²) in [5.74, 6) is 2.41. The van der Waals surface area contributed by atoms with Gasteiger partial charge in [0.05, 0.1) is 27.9 Å². The average molecular weight is 432 g/mol. The van der Waals surface area contributed by atoms with E-state index in [2.05, 4.69) is 43.2 Å². The molecule has 2 aromatic rings. The molecule has 0 saturated carbocycles. The van der Waals surface area contributed by atoms with Crippen LogP contribution in [0, 0.1) is 0 Å². The van der Waals surface area contributed by atoms with E-state index in [-0.39, 0.29) is 12.3 Å². The van der Waals surface area contributed by atoms with Gasteiger partial charge in [0.2, 0.25) is 11.7 Å². The molecule has 1 saturated heterocycles. The highest BCUT2D eigenvalue weighted by molar-refractivity contribution is 7.96. The molecular weight excluding hydrogens is 406 g/mol. The van der Waals surface area contributed by atoms with Crippen molar-refractivity contribution >= 4 is 23.7 Å². The second-order valence-corrected chi connectivity index (χ2v) is 7.20. The SMILES string of the molecule is COc1cc(C2NC(S)=NN2C2CN(c3ncccn3)CCN2)cc(OC)c1OC. The zero-order chi connectivity index (χ0) is 21.1. The number of hydrazone groups is 1. The fraction of sp³-hybridized carbons (Fsp3) is 0.421. The Kier molecular flexibility index (Phi) is 6.00. The molecule has 10 nitrogen and oxygen atoms in total. The maximum absolute atomic E-state index is 5.51. The maximum Gasteiger partial charge on any atom is 0.225 e. The lowest BCUT2D eigenvalue weighted by molar-refractivity contribution is 0.116. The molecule has 0 radical (unpaired) electrons. The van der Waals surface area contributed by atoms with Gasteiger partial charge in [-0.2, -0.15) is 0 Å². The standard InChI is InChI=1S/C19H25N7O3S/c1-27-13-9-12(10-14(28-2)16(13)29-3)17-23-19(30)24-26(17)15-11-25(8-7-20-15)18-21-5-4-6-22-18/h4-6,9-10,15,17,20H,7-8,11H2,1-3H3,(H2,23,24,30). The predicted molar refractivity (Wildman–Crippen MR) is 116 cm³/mol. The van der Waals surface area contributed by atoms with Crippen LogP contribution in [0.1, 0.15) is 11.7 Å². The predicted octanol–water partition coefficient (Wildman–Crippen LogP) is 1.04. The lowest BCUT2D eigenvalue weighted by Gasteiger charge is -2.39. The maximum atomic E-state index is 5.51. The molecule has 0 bridgehead atoms. The van der Waals surface area contributed by atoms with Crippen LogP contribution in [0.15, 0.2) is 35.7 Å². The number of nitrogens with zero attached hydrogens (tertiary/aromatic N) is 5. The smallest absolute Gasteiger partial charge is 0.225 e. The van der Waals surface area contributed by atoms with Crippen molar-refractivity contribution in [2.45, 2.75) is 12.3 Å². The summed E-state index contributed by atoms with van der Waals surface area (Å²) in [4.78, 5) is 10.9. The normalized spacial score (nSPS) is 21.1. The summed E-state index contributed by atoms with van der Waals surface area (Å²) >= 11 is 4.45. The first kappa shape index (κ1) is 20.4. The van der Waals surface area contributed by atoms with E-state index in [9.17, 15) is 0 Å². The first-order chi connectivity index (χ1) is 14.6. The number of aromatic nitrogens is 2. The van der Waals surface area contributed by atoms with E-state index in [4.69, 9.17) is 14.2 Å². The number of amidine groups is 1. The summed E-state index contributed by atoms with van der Waals surface area (Å²) in [6, 6.07) is 5.63. The Bertz CT molecular complexity index is 889. The topological polar surface area (TPSA) is 96.4 Å². The summed E-state index contributed by atoms with van der Waals surface area (Å²) in [6.45, 7) is 2.25. The van der Waals surface area contributed by atoms with E-state index >= 15 is 0 Å². The molecule has 2 aliphatic heterocycles. The second-order valence-electron chi connectivity index (χ2n) is 6.77. The zero-order valence-corrected chi connectivity index (χ0v) is 18.0. The van der Waals surface area contributed by atoms with Crippen molar-refractivity contribution in [2.75, 3.05) is 45.9 Å². The van der Waals surface area contributed by atoms with Gasteiger partial charge in [-0.05, 0) is 18.2 Å². The van der Waals surface area contributed by atoms with Crippen LogP contribution >= 0.6 is 12.6 Å². The highest BCUT2D eigenvalue weighted by atomic mass is 32.1. The molecule has 1 aromatic carbocycles. The molecule has 2 N–H and O–H groups in total. The molecule has 1 fully saturated rings. The Morgan fingerprint density at radius 3 is 2.40 bits per heavy atom. The lowest BCUT2D eigenvalue weighted by Crippen LogP contribution is -2.58. The third-order valence-electron chi connectivity index (χ3n) is 5.05. The molecule has 0 spiro atoms. The third-order valence-corrected chi connectivity index (χ3v) is 5.27. The van der Waals surface area contributed by atoms with Gasteiger partial charge in [-0.1, -0.05) is 0 Å². The number of ether oxygens (including phenoxy) is 3. The number of methoxy groups -OCH3 is 3. The monoisotopic (exact) mass is 431 g/mol. The molecule has 0 amide bonds. The van der Waals surface area contributed by atoms with Gasteiger partial charge >= 0.3 is 0 Å². The van der Waals surface area contributed by atoms with Gasteiger partial charge < -0.3 is 24.4 Å². The number of nitrogens with one attached hydrogen (secondary N) is 2. The van der Waals surface area contributed by atoms with Crippen molar-refractivity contribution in [3.63, 3.8) is 0 Å². The summed E-state index contributed by atoms with van der Waals surface area (Å²) in [5.41, 5.74) is 0.909. The van der Waals surface area contributed by atoms with Crippen molar-refractivity contribution in [1.82, 2.24) is 25.6 Å². The number of benzene rings is 1. The average Bonchev–Trinajstić information content (AvgIpc) is 3.20. The Labute approximate surface area is 180 Å². The Morgan fingerprint density at radius 1 is 1.07 bits per heavy atom. The number of thiol groups is 1. The minimum Gasteiger partial charge on any atom is -0.493 e. The summed E-state index contributed by atoms with van der Waals surface area (Å²) in [7, 11) is 4.78. The lowest BCUT2D eigenvalue weighted by atomic mass is 10.1. The van der Waals surface area contributed by atoms with Crippen LogP contribution in [0.3, 0.4) is 0 Å². The van der Waals surface area contributed by atoms with Crippen molar-refractivity contribution in [3.05, 3.63) is 36.2 Å². The van der Waals surface area contributed by atoms with Crippen molar-refractivity contribution in [2.24, 2.45) is 5.10 Å². The molecule has 0 aliphatic carbocycles. The third kappa shape index (κ3) is 3.90. The molecule has 2 unspecified atom stereocenters. The van der Waals surface area contributed by atoms with E-state index in [0.29, 0.717) is 34.9 Å². The molecule has 3 heterocycles. The molecule has 2 atom stereocenters. The van der Waals surface area contributed by atoms with Crippen LogP contribution < -0.4 is 29.7 Å². The number of piperazine rings is 1. The van der Waals surface area contributed by atoms with Gasteiger partial charge in [0.1, 0.15) is 12.3 Å². The van der Waals surface area contributed by atoms with Gasteiger partial charge in [0.15, 0.2) is 16.7 Å². The van der Waals surface area contributed by atoms with Gasteiger partial charge in [-0.25, -0.2) is 15.0 Å². The molecule has 160 valence electrons. The first-order valence-corrected chi connectivity index (χ1v) is 9.97. The van der Waals surface area contributed by atoms with Crippen LogP contribution in [0.2, 0.25) is 0 Å². The first-order valence-electron chi connectivity index (χ1n) is 9.52. The number of rotatable bonds is 6. The van der Waals surface area contributed by atoms with Crippen molar-refractivity contribution < 1.29 is 14.2 Å². The zero-order valence-electron chi connectivity index (χ0n) is 17.1. The van der Waals surface area contributed by atoms with Crippen LogP contribution in [0.4, 0.5) is 5.95 Å². The molecular formula is C19H25N7O3S. The minimum atomic E-state index is -0.264. The van der Waals surface area contributed by atoms with Crippen LogP contribution in [0.5, 0.6) is 17.2 Å². The van der Waals surface area contributed by atoms with Crippen LogP contribution in [-0.4, -0.2) is 67.3 Å². The molecule has 1 aromatic heterocycles. The quantitative estimate of drug-likeness (QED) is 0.580. The van der Waals surface area contributed by atoms with E-state index < -0.39 is 0 Å². The number of anilines is 1. The fourth-order valence-electron chi connectivity index (χ4n) is 3.67. The summed E-state index contributed by atoms with van der Waals surface area (Å²) in [5, 5.41) is 13.9. The van der Waals surface area contributed by atoms with Crippen molar-refractivity contribution in [3.8, 4) is 17.2 Å². The Hall–Kier alpha value is -2.92. The van der Waals surface area contributed by atoms with Crippen LogP contribution in [0.25, 0.3) is 0 Å². The molecule has 11 heteroatoms. The van der Waals surface area contributed by atoms with Crippen molar-refractivity contribution in [1.29, 1.82) is 0 Å². The van der Waals surface area contributed by atoms with Gasteiger partial charge in [0.25, 0.3) is 0 Å². The largest absolute Gasteiger partial charge is 0.493 e. The van der Waals surface area contributed by atoms with E-state index in [0.717, 1.165) is 18.7 Å². The van der Waals surface area contributed by atoms with E-state index in [1.165, 1.54) is 0 Å². The molecule has 4 rings (SSSR count). The highest BCUT2D eigenvalue weighted by Crippen LogP contribution is 2.41. The number of hydrogen-bond donors (Lipinski definition) is 3. The molecule has 30 heavy (non-hydrogen) atoms. The summed E-state index contributed by atoms with van der Waals surface area (Å²) in [6.07, 6.45) is 3.16. The van der Waals surface area contributed by atoms with Gasteiger partial charge in [-0.3, -0.25) is 5.32 Å². The Morgan fingerprint density at radius 2 is 1.77 bits per heavy atom. The van der Waals surface area contributed by atoms with E-state index in [1.807, 2.05) is 23.2 Å². The minimum absolute atomic E-state index is 0.0798. The number of hydrogen-bond acceptors (Lipinski definition) is 10. The highest BCUT2D eigenvalue weighted by Gasteiger charge is 2.35. The van der Waals surface area contributed by atoms with Gasteiger partial charge in [-0.15, -0.1) is 17.7 Å². The molecule has 2 aliphatic rings. The van der Waals surface area contributed by atoms with Gasteiger partial charge in [0, 0.05) is 31.0 Å². The van der Waals surface area contributed by atoms with Crippen LogP contribution in [-0.2, 0) is 0 Å². The van der Waals surface area contributed by atoms with E-state index in [1.54, 1.807) is 33.7 Å².